The number of carbonyl (C=O) groups is 1. The van der Waals surface area contributed by atoms with Crippen LogP contribution in [0.1, 0.15) is 10.6 Å². The number of nitrogens with zero attached hydrogens (tertiary/aromatic N) is 1. The molecule has 1 unspecified atom stereocenters. The number of rotatable bonds is 4. The fraction of sp³-hybridized carbons (Fsp3) is 0. The molecule has 92 valence electrons. The van der Waals surface area contributed by atoms with Crippen molar-refractivity contribution in [2.45, 2.75) is 4.90 Å². The Labute approximate surface area is 110 Å². The van der Waals surface area contributed by atoms with Crippen LogP contribution in [0.2, 0.25) is 0 Å². The first-order valence-electron chi connectivity index (χ1n) is 4.97. The zero-order valence-corrected chi connectivity index (χ0v) is 10.7. The van der Waals surface area contributed by atoms with Gasteiger partial charge in [-0.05, 0) is 34.9 Å². The van der Waals surface area contributed by atoms with Crippen LogP contribution in [0.4, 0.5) is 0 Å². The van der Waals surface area contributed by atoms with E-state index >= 15 is 0 Å². The van der Waals surface area contributed by atoms with Crippen LogP contribution in [0.3, 0.4) is 0 Å². The molecule has 0 amide bonds. The van der Waals surface area contributed by atoms with Crippen LogP contribution in [0.15, 0.2) is 40.7 Å². The summed E-state index contributed by atoms with van der Waals surface area (Å²) < 4.78 is 21.7. The van der Waals surface area contributed by atoms with Crippen LogP contribution in [-0.2, 0) is 15.9 Å². The molecule has 18 heavy (non-hydrogen) atoms. The summed E-state index contributed by atoms with van der Waals surface area (Å²) in [5.74, 6) is 0. The quantitative estimate of drug-likeness (QED) is 0.488. The van der Waals surface area contributed by atoms with E-state index in [0.717, 1.165) is 0 Å². The van der Waals surface area contributed by atoms with Crippen molar-refractivity contribution in [3.05, 3.63) is 46.4 Å². The summed E-state index contributed by atoms with van der Waals surface area (Å²) in [6.45, 7) is 0. The van der Waals surface area contributed by atoms with E-state index < -0.39 is 11.1 Å². The minimum absolute atomic E-state index is 0.152. The first-order chi connectivity index (χ1) is 8.70. The molecule has 0 bridgehead atoms. The minimum Gasteiger partial charge on any atom is -0.768 e. The van der Waals surface area contributed by atoms with E-state index in [-0.39, 0.29) is 4.90 Å². The van der Waals surface area contributed by atoms with Gasteiger partial charge in [-0.15, -0.1) is 11.3 Å². The molecule has 1 atom stereocenters. The molecule has 1 heterocycles. The molecule has 4 nitrogen and oxygen atoms in total. The van der Waals surface area contributed by atoms with Crippen LogP contribution in [0.25, 0.3) is 11.6 Å². The third-order valence-electron chi connectivity index (χ3n) is 2.22. The number of benzene rings is 1. The molecule has 1 aromatic carbocycles. The predicted octanol–water partition coefficient (Wildman–Crippen LogP) is 2.12. The zero-order chi connectivity index (χ0) is 13.0. The maximum absolute atomic E-state index is 11.1. The monoisotopic (exact) mass is 278 g/mol. The van der Waals surface area contributed by atoms with Crippen molar-refractivity contribution in [1.29, 1.82) is 0 Å². The van der Waals surface area contributed by atoms with Gasteiger partial charge < -0.3 is 4.55 Å². The Bertz CT molecular complexity index is 606. The maximum atomic E-state index is 11.1. The fourth-order valence-electron chi connectivity index (χ4n) is 1.40. The molecule has 0 radical (unpaired) electrons. The molecule has 2 rings (SSSR count). The Morgan fingerprint density at radius 2 is 2.28 bits per heavy atom. The largest absolute Gasteiger partial charge is 0.768 e. The first kappa shape index (κ1) is 12.8. The van der Waals surface area contributed by atoms with Gasteiger partial charge in [0.05, 0.1) is 0 Å². The second-order valence-electron chi connectivity index (χ2n) is 3.35. The van der Waals surface area contributed by atoms with E-state index in [0.29, 0.717) is 22.4 Å². The van der Waals surface area contributed by atoms with E-state index in [1.54, 1.807) is 29.8 Å². The second-order valence-corrected chi connectivity index (χ2v) is 5.22. The van der Waals surface area contributed by atoms with E-state index in [2.05, 4.69) is 4.98 Å². The van der Waals surface area contributed by atoms with Crippen molar-refractivity contribution in [3.8, 4) is 0 Å². The predicted molar refractivity (Wildman–Crippen MR) is 69.7 cm³/mol. The molecular formula is C12H8NO3S2-. The fourth-order valence-corrected chi connectivity index (χ4v) is 2.39. The third-order valence-corrected chi connectivity index (χ3v) is 3.58. The highest BCUT2D eigenvalue weighted by atomic mass is 32.2. The Hall–Kier alpha value is -1.63. The van der Waals surface area contributed by atoms with Gasteiger partial charge in [0.1, 0.15) is 5.01 Å². The number of thiazole rings is 1. The highest BCUT2D eigenvalue weighted by molar-refractivity contribution is 7.79. The lowest BCUT2D eigenvalue weighted by molar-refractivity contribution is -0.103. The molecule has 1 aromatic heterocycles. The summed E-state index contributed by atoms with van der Waals surface area (Å²) in [5.41, 5.74) is 0.958. The Kier molecular flexibility index (Phi) is 4.14. The number of aldehydes is 1. The molecule has 0 saturated heterocycles. The summed E-state index contributed by atoms with van der Waals surface area (Å²) in [4.78, 5) is 15.3. The number of hydrogen-bond donors (Lipinski definition) is 0. The number of allylic oxidation sites excluding steroid dienone is 1. The molecule has 0 saturated carbocycles. The molecular weight excluding hydrogens is 270 g/mol. The van der Waals surface area contributed by atoms with Crippen molar-refractivity contribution in [2.75, 3.05) is 0 Å². The van der Waals surface area contributed by atoms with E-state index in [9.17, 15) is 13.6 Å². The molecule has 0 N–H and O–H groups in total. The summed E-state index contributed by atoms with van der Waals surface area (Å²) >= 11 is -0.899. The molecule has 6 heteroatoms. The average molecular weight is 278 g/mol. The van der Waals surface area contributed by atoms with Crippen LogP contribution in [-0.4, -0.2) is 20.0 Å². The standard InChI is InChI=1S/C12H9NO3S2/c14-8-10(7-12-13-4-5-17-12)9-2-1-3-11(6-9)18(15)16/h1-8H,(H,15,16)/p-1/b10-7-. The first-order valence-corrected chi connectivity index (χ1v) is 6.92. The van der Waals surface area contributed by atoms with Gasteiger partial charge >= 0.3 is 0 Å². The van der Waals surface area contributed by atoms with Crippen LogP contribution in [0.5, 0.6) is 0 Å². The van der Waals surface area contributed by atoms with E-state index in [1.165, 1.54) is 23.5 Å². The van der Waals surface area contributed by atoms with Crippen molar-refractivity contribution in [3.63, 3.8) is 0 Å². The lowest BCUT2D eigenvalue weighted by atomic mass is 10.1. The van der Waals surface area contributed by atoms with Crippen LogP contribution in [0, 0.1) is 0 Å². The third kappa shape index (κ3) is 2.98. The van der Waals surface area contributed by atoms with Crippen molar-refractivity contribution in [2.24, 2.45) is 0 Å². The lowest BCUT2D eigenvalue weighted by Gasteiger charge is -2.07. The van der Waals surface area contributed by atoms with Gasteiger partial charge in [0, 0.05) is 22.0 Å². The SMILES string of the molecule is O=C/C(=C/c1nccs1)c1cccc(S(=O)[O-])c1. The maximum Gasteiger partial charge on any atom is 0.150 e. The van der Waals surface area contributed by atoms with Gasteiger partial charge in [0.25, 0.3) is 0 Å². The Balaban J connectivity index is 2.42. The smallest absolute Gasteiger partial charge is 0.150 e. The zero-order valence-electron chi connectivity index (χ0n) is 9.11. The lowest BCUT2D eigenvalue weighted by Crippen LogP contribution is -1.92. The van der Waals surface area contributed by atoms with Gasteiger partial charge in [0.15, 0.2) is 6.29 Å². The van der Waals surface area contributed by atoms with Crippen molar-refractivity contribution >= 4 is 40.4 Å². The van der Waals surface area contributed by atoms with Crippen molar-refractivity contribution < 1.29 is 13.6 Å². The topological polar surface area (TPSA) is 70.1 Å². The van der Waals surface area contributed by atoms with Gasteiger partial charge in [-0.2, -0.15) is 0 Å². The van der Waals surface area contributed by atoms with Gasteiger partial charge in [-0.25, -0.2) is 4.98 Å². The molecule has 0 aliphatic rings. The molecule has 0 aliphatic heterocycles. The molecule has 0 spiro atoms. The summed E-state index contributed by atoms with van der Waals surface area (Å²) in [6.07, 6.45) is 3.96. The second kappa shape index (κ2) is 5.81. The Morgan fingerprint density at radius 3 is 2.89 bits per heavy atom. The number of aromatic nitrogens is 1. The van der Waals surface area contributed by atoms with E-state index in [4.69, 9.17) is 0 Å². The highest BCUT2D eigenvalue weighted by Crippen LogP contribution is 2.19. The Morgan fingerprint density at radius 1 is 1.44 bits per heavy atom. The van der Waals surface area contributed by atoms with Gasteiger partial charge in [-0.3, -0.25) is 9.00 Å². The van der Waals surface area contributed by atoms with Crippen LogP contribution < -0.4 is 0 Å². The summed E-state index contributed by atoms with van der Waals surface area (Å²) in [5, 5.41) is 2.50. The number of hydrogen-bond acceptors (Lipinski definition) is 5. The number of carbonyl (C=O) groups excluding carboxylic acids is 1. The average Bonchev–Trinajstić information content (AvgIpc) is 2.89. The summed E-state index contributed by atoms with van der Waals surface area (Å²) in [6, 6.07) is 6.21. The van der Waals surface area contributed by atoms with E-state index in [1.807, 2.05) is 0 Å². The van der Waals surface area contributed by atoms with Gasteiger partial charge in [0.2, 0.25) is 0 Å². The highest BCUT2D eigenvalue weighted by Gasteiger charge is 2.03. The molecule has 2 aromatic rings. The normalized spacial score (nSPS) is 13.3. The van der Waals surface area contributed by atoms with Crippen LogP contribution >= 0.6 is 11.3 Å². The van der Waals surface area contributed by atoms with Crippen molar-refractivity contribution in [1.82, 2.24) is 4.98 Å². The minimum atomic E-state index is -2.30. The van der Waals surface area contributed by atoms with Gasteiger partial charge in [-0.1, -0.05) is 12.1 Å². The molecule has 0 aliphatic carbocycles. The molecule has 0 fully saturated rings. The summed E-state index contributed by atoms with van der Waals surface area (Å²) in [7, 11) is 0.